The summed E-state index contributed by atoms with van der Waals surface area (Å²) in [5.41, 5.74) is 2.51. The molecule has 0 radical (unpaired) electrons. The number of nitrogens with one attached hydrogen (secondary N) is 1. The van der Waals surface area contributed by atoms with Crippen LogP contribution >= 0.6 is 27.3 Å². The zero-order valence-electron chi connectivity index (χ0n) is 12.3. The fraction of sp³-hybridized carbons (Fsp3) is 0.294. The van der Waals surface area contributed by atoms with E-state index in [0.717, 1.165) is 33.1 Å². The fourth-order valence-corrected chi connectivity index (χ4v) is 4.65. The van der Waals surface area contributed by atoms with E-state index in [1.165, 1.54) is 28.7 Å². The van der Waals surface area contributed by atoms with Gasteiger partial charge in [-0.25, -0.2) is 9.97 Å². The molecule has 0 saturated carbocycles. The quantitative estimate of drug-likeness (QED) is 0.660. The minimum atomic E-state index is 0.774. The zero-order chi connectivity index (χ0) is 15.1. The Kier molecular flexibility index (Phi) is 3.62. The number of thiophene rings is 1. The van der Waals surface area contributed by atoms with Gasteiger partial charge >= 0.3 is 0 Å². The van der Waals surface area contributed by atoms with Gasteiger partial charge in [0.25, 0.3) is 0 Å². The maximum atomic E-state index is 4.50. The Balaban J connectivity index is 1.79. The van der Waals surface area contributed by atoms with Gasteiger partial charge in [-0.05, 0) is 55.0 Å². The summed E-state index contributed by atoms with van der Waals surface area (Å²) in [6.45, 7) is 2.33. The van der Waals surface area contributed by atoms with Gasteiger partial charge in [-0.3, -0.25) is 0 Å². The largest absolute Gasteiger partial charge is 0.340 e. The van der Waals surface area contributed by atoms with Gasteiger partial charge in [-0.1, -0.05) is 22.9 Å². The Bertz CT molecular complexity index is 826. The zero-order valence-corrected chi connectivity index (χ0v) is 14.7. The van der Waals surface area contributed by atoms with Crippen molar-refractivity contribution in [3.8, 4) is 0 Å². The number of halogens is 1. The molecule has 0 unspecified atom stereocenters. The SMILES string of the molecule is C[C@@H]1CCc2c(sc3ncnc(Nc4ccc(Br)cc4)c23)C1. The number of hydrogen-bond acceptors (Lipinski definition) is 4. The van der Waals surface area contributed by atoms with Gasteiger partial charge in [0.15, 0.2) is 0 Å². The molecule has 0 amide bonds. The molecule has 1 aliphatic rings. The maximum Gasteiger partial charge on any atom is 0.142 e. The first-order valence-electron chi connectivity index (χ1n) is 7.48. The molecular weight excluding hydrogens is 358 g/mol. The smallest absolute Gasteiger partial charge is 0.142 e. The van der Waals surface area contributed by atoms with Crippen molar-refractivity contribution in [1.82, 2.24) is 9.97 Å². The number of fused-ring (bicyclic) bond motifs is 3. The van der Waals surface area contributed by atoms with Crippen molar-refractivity contribution in [2.45, 2.75) is 26.2 Å². The molecule has 1 aliphatic carbocycles. The number of rotatable bonds is 2. The number of aromatic nitrogens is 2. The molecule has 2 aromatic heterocycles. The average molecular weight is 374 g/mol. The van der Waals surface area contributed by atoms with E-state index < -0.39 is 0 Å². The lowest BCUT2D eigenvalue weighted by Crippen LogP contribution is -2.09. The van der Waals surface area contributed by atoms with E-state index in [9.17, 15) is 0 Å². The Morgan fingerprint density at radius 1 is 1.23 bits per heavy atom. The van der Waals surface area contributed by atoms with Crippen molar-refractivity contribution in [3.05, 3.63) is 45.5 Å². The van der Waals surface area contributed by atoms with Gasteiger partial charge in [-0.15, -0.1) is 11.3 Å². The summed E-state index contributed by atoms with van der Waals surface area (Å²) in [6, 6.07) is 8.18. The molecule has 4 rings (SSSR count). The summed E-state index contributed by atoms with van der Waals surface area (Å²) in [5.74, 6) is 1.70. The number of benzene rings is 1. The van der Waals surface area contributed by atoms with Crippen LogP contribution in [0.1, 0.15) is 23.8 Å². The lowest BCUT2D eigenvalue weighted by atomic mass is 9.89. The molecule has 3 nitrogen and oxygen atoms in total. The monoisotopic (exact) mass is 373 g/mol. The molecule has 1 aromatic carbocycles. The molecule has 3 aromatic rings. The Morgan fingerprint density at radius 2 is 2.05 bits per heavy atom. The summed E-state index contributed by atoms with van der Waals surface area (Å²) in [7, 11) is 0. The molecule has 0 saturated heterocycles. The van der Waals surface area contributed by atoms with E-state index in [0.29, 0.717) is 0 Å². The second kappa shape index (κ2) is 5.63. The van der Waals surface area contributed by atoms with Gasteiger partial charge in [0.1, 0.15) is 17.0 Å². The topological polar surface area (TPSA) is 37.8 Å². The standard InChI is InChI=1S/C17H16BrN3S/c1-10-2-7-13-14(8-10)22-17-15(13)16(19-9-20-17)21-12-5-3-11(18)4-6-12/h3-6,9-10H,2,7-8H2,1H3,(H,19,20,21)/t10-/m1/s1. The van der Waals surface area contributed by atoms with Crippen LogP contribution in [-0.4, -0.2) is 9.97 Å². The minimum absolute atomic E-state index is 0.774. The van der Waals surface area contributed by atoms with Gasteiger partial charge in [0.2, 0.25) is 0 Å². The van der Waals surface area contributed by atoms with Crippen molar-refractivity contribution < 1.29 is 0 Å². The first-order valence-corrected chi connectivity index (χ1v) is 9.09. The third-order valence-electron chi connectivity index (χ3n) is 4.20. The van der Waals surface area contributed by atoms with Crippen molar-refractivity contribution >= 4 is 49.0 Å². The Morgan fingerprint density at radius 3 is 2.86 bits per heavy atom. The summed E-state index contributed by atoms with van der Waals surface area (Å²) < 4.78 is 1.08. The summed E-state index contributed by atoms with van der Waals surface area (Å²) in [5, 5.41) is 4.68. The van der Waals surface area contributed by atoms with Crippen LogP contribution in [0.5, 0.6) is 0 Å². The Hall–Kier alpha value is -1.46. The van der Waals surface area contributed by atoms with Crippen LogP contribution in [0.4, 0.5) is 11.5 Å². The third kappa shape index (κ3) is 2.52. The van der Waals surface area contributed by atoms with Crippen molar-refractivity contribution in [3.63, 3.8) is 0 Å². The highest BCUT2D eigenvalue weighted by Crippen LogP contribution is 2.40. The van der Waals surface area contributed by atoms with Crippen LogP contribution in [-0.2, 0) is 12.8 Å². The van der Waals surface area contributed by atoms with Crippen molar-refractivity contribution in [1.29, 1.82) is 0 Å². The van der Waals surface area contributed by atoms with Crippen LogP contribution < -0.4 is 5.32 Å². The van der Waals surface area contributed by atoms with E-state index in [1.807, 2.05) is 23.5 Å². The lowest BCUT2D eigenvalue weighted by Gasteiger charge is -2.18. The van der Waals surface area contributed by atoms with Crippen molar-refractivity contribution in [2.75, 3.05) is 5.32 Å². The predicted octanol–water partition coefficient (Wildman–Crippen LogP) is 5.32. The average Bonchev–Trinajstić information content (AvgIpc) is 2.88. The van der Waals surface area contributed by atoms with E-state index in [-0.39, 0.29) is 0 Å². The highest BCUT2D eigenvalue weighted by molar-refractivity contribution is 9.10. The van der Waals surface area contributed by atoms with Gasteiger partial charge in [-0.2, -0.15) is 0 Å². The van der Waals surface area contributed by atoms with E-state index in [4.69, 9.17) is 0 Å². The van der Waals surface area contributed by atoms with Crippen LogP contribution in [0.25, 0.3) is 10.2 Å². The van der Waals surface area contributed by atoms with Gasteiger partial charge in [0, 0.05) is 15.0 Å². The molecular formula is C17H16BrN3S. The number of hydrogen-bond donors (Lipinski definition) is 1. The number of anilines is 2. The van der Waals surface area contributed by atoms with Crippen LogP contribution in [0.3, 0.4) is 0 Å². The molecule has 5 heteroatoms. The van der Waals surface area contributed by atoms with E-state index >= 15 is 0 Å². The van der Waals surface area contributed by atoms with Crippen LogP contribution in [0.15, 0.2) is 35.1 Å². The molecule has 0 spiro atoms. The second-order valence-corrected chi connectivity index (χ2v) is 7.89. The van der Waals surface area contributed by atoms with Crippen molar-refractivity contribution in [2.24, 2.45) is 5.92 Å². The third-order valence-corrected chi connectivity index (χ3v) is 5.89. The molecule has 0 fully saturated rings. The molecule has 22 heavy (non-hydrogen) atoms. The van der Waals surface area contributed by atoms with Gasteiger partial charge in [0.05, 0.1) is 5.39 Å². The molecule has 112 valence electrons. The van der Waals surface area contributed by atoms with Gasteiger partial charge < -0.3 is 5.32 Å². The Labute approximate surface area is 141 Å². The molecule has 0 bridgehead atoms. The normalized spacial score (nSPS) is 17.5. The first kappa shape index (κ1) is 14.2. The van der Waals surface area contributed by atoms with E-state index in [2.05, 4.69) is 50.3 Å². The predicted molar refractivity (Wildman–Crippen MR) is 96.0 cm³/mol. The molecule has 1 atom stereocenters. The van der Waals surface area contributed by atoms with Crippen LogP contribution in [0, 0.1) is 5.92 Å². The molecule has 0 aliphatic heterocycles. The second-order valence-electron chi connectivity index (χ2n) is 5.89. The fourth-order valence-electron chi connectivity index (χ4n) is 3.04. The highest BCUT2D eigenvalue weighted by atomic mass is 79.9. The summed E-state index contributed by atoms with van der Waals surface area (Å²) in [6.07, 6.45) is 5.23. The van der Waals surface area contributed by atoms with E-state index in [1.54, 1.807) is 6.33 Å². The molecule has 2 heterocycles. The first-order chi connectivity index (χ1) is 10.7. The lowest BCUT2D eigenvalue weighted by molar-refractivity contribution is 0.509. The molecule has 1 N–H and O–H groups in total. The number of aryl methyl sites for hydroxylation is 1. The summed E-state index contributed by atoms with van der Waals surface area (Å²) in [4.78, 5) is 11.6. The summed E-state index contributed by atoms with van der Waals surface area (Å²) >= 11 is 5.30. The van der Waals surface area contributed by atoms with Crippen LogP contribution in [0.2, 0.25) is 0 Å². The minimum Gasteiger partial charge on any atom is -0.340 e. The highest BCUT2D eigenvalue weighted by Gasteiger charge is 2.23. The maximum absolute atomic E-state index is 4.50. The number of nitrogens with zero attached hydrogens (tertiary/aromatic N) is 2.